The monoisotopic (exact) mass is 337 g/mol. The summed E-state index contributed by atoms with van der Waals surface area (Å²) in [5, 5.41) is 3.98. The molecule has 2 aromatic rings. The number of rotatable bonds is 3. The van der Waals surface area contributed by atoms with Crippen molar-refractivity contribution in [3.8, 4) is 0 Å². The number of anilines is 1. The SMILES string of the molecule is CN1/C(=C\C=N\NC(=O)c2ccc(F)cc2)C(C)(C)c2ccccc21. The van der Waals surface area contributed by atoms with Gasteiger partial charge in [-0.3, -0.25) is 4.79 Å². The van der Waals surface area contributed by atoms with Crippen LogP contribution in [0.15, 0.2) is 65.4 Å². The second-order valence-electron chi connectivity index (χ2n) is 6.48. The lowest BCUT2D eigenvalue weighted by Crippen LogP contribution is -2.23. The Morgan fingerprint density at radius 2 is 1.84 bits per heavy atom. The number of carbonyl (C=O) groups is 1. The minimum atomic E-state index is -0.379. The van der Waals surface area contributed by atoms with E-state index in [1.54, 1.807) is 6.21 Å². The number of fused-ring (bicyclic) bond motifs is 1. The molecular weight excluding hydrogens is 317 g/mol. The molecule has 0 bridgehead atoms. The molecule has 1 aliphatic rings. The molecule has 0 atom stereocenters. The summed E-state index contributed by atoms with van der Waals surface area (Å²) in [5.41, 5.74) is 6.19. The van der Waals surface area contributed by atoms with Crippen molar-refractivity contribution in [2.75, 3.05) is 11.9 Å². The lowest BCUT2D eigenvalue weighted by molar-refractivity contribution is 0.0955. The van der Waals surface area contributed by atoms with Gasteiger partial charge in [0.25, 0.3) is 5.91 Å². The molecule has 3 rings (SSSR count). The average molecular weight is 337 g/mol. The molecule has 0 spiro atoms. The van der Waals surface area contributed by atoms with Gasteiger partial charge in [-0.15, -0.1) is 0 Å². The number of nitrogens with zero attached hydrogens (tertiary/aromatic N) is 2. The van der Waals surface area contributed by atoms with Crippen LogP contribution in [0.25, 0.3) is 0 Å². The maximum Gasteiger partial charge on any atom is 0.271 e. The fourth-order valence-corrected chi connectivity index (χ4v) is 3.17. The van der Waals surface area contributed by atoms with E-state index in [2.05, 4.69) is 41.4 Å². The zero-order valence-corrected chi connectivity index (χ0v) is 14.5. The van der Waals surface area contributed by atoms with Crippen LogP contribution in [0.3, 0.4) is 0 Å². The van der Waals surface area contributed by atoms with Gasteiger partial charge in [-0.05, 0) is 42.0 Å². The Hall–Kier alpha value is -2.95. The first kappa shape index (κ1) is 16.9. The molecule has 0 unspecified atom stereocenters. The first-order chi connectivity index (χ1) is 11.9. The molecule has 5 heteroatoms. The molecular formula is C20H20FN3O. The predicted octanol–water partition coefficient (Wildman–Crippen LogP) is 3.85. The third kappa shape index (κ3) is 3.18. The Bertz CT molecular complexity index is 853. The van der Waals surface area contributed by atoms with Crippen LogP contribution >= 0.6 is 0 Å². The number of carbonyl (C=O) groups excluding carboxylic acids is 1. The van der Waals surface area contributed by atoms with Crippen LogP contribution in [0.5, 0.6) is 0 Å². The molecule has 0 aromatic heterocycles. The Kier molecular flexibility index (Phi) is 4.40. The molecule has 25 heavy (non-hydrogen) atoms. The molecule has 0 saturated heterocycles. The van der Waals surface area contributed by atoms with E-state index in [4.69, 9.17) is 0 Å². The fourth-order valence-electron chi connectivity index (χ4n) is 3.17. The second-order valence-corrected chi connectivity index (χ2v) is 6.48. The average Bonchev–Trinajstić information content (AvgIpc) is 2.79. The van der Waals surface area contributed by atoms with Gasteiger partial charge in [-0.2, -0.15) is 5.10 Å². The number of benzene rings is 2. The Balaban J connectivity index is 1.73. The van der Waals surface area contributed by atoms with Gasteiger partial charge in [0.2, 0.25) is 0 Å². The van der Waals surface area contributed by atoms with E-state index in [0.717, 1.165) is 5.70 Å². The second kappa shape index (κ2) is 6.51. The van der Waals surface area contributed by atoms with Crippen LogP contribution in [0, 0.1) is 5.82 Å². The molecule has 0 radical (unpaired) electrons. The van der Waals surface area contributed by atoms with Crippen molar-refractivity contribution in [1.29, 1.82) is 0 Å². The van der Waals surface area contributed by atoms with Crippen LogP contribution in [-0.4, -0.2) is 19.2 Å². The number of halogens is 1. The van der Waals surface area contributed by atoms with E-state index in [9.17, 15) is 9.18 Å². The van der Waals surface area contributed by atoms with Gasteiger partial charge >= 0.3 is 0 Å². The number of likely N-dealkylation sites (N-methyl/N-ethyl adjacent to an activating group) is 1. The number of hydrazone groups is 1. The third-order valence-electron chi connectivity index (χ3n) is 4.52. The van der Waals surface area contributed by atoms with Crippen molar-refractivity contribution in [2.24, 2.45) is 5.10 Å². The van der Waals surface area contributed by atoms with Gasteiger partial charge in [0.15, 0.2) is 0 Å². The van der Waals surface area contributed by atoms with Gasteiger partial charge in [-0.25, -0.2) is 9.82 Å². The maximum absolute atomic E-state index is 12.9. The standard InChI is InChI=1S/C20H20FN3O/c1-20(2)16-6-4-5-7-17(16)24(3)18(20)12-13-22-23-19(25)14-8-10-15(21)11-9-14/h4-13H,1-3H3,(H,23,25)/b18-12-,22-13+. The van der Waals surface area contributed by atoms with Gasteiger partial charge < -0.3 is 4.90 Å². The highest BCUT2D eigenvalue weighted by molar-refractivity contribution is 5.94. The summed E-state index contributed by atoms with van der Waals surface area (Å²) in [7, 11) is 2.02. The van der Waals surface area contributed by atoms with Crippen LogP contribution in [-0.2, 0) is 5.41 Å². The molecule has 4 nitrogen and oxygen atoms in total. The summed E-state index contributed by atoms with van der Waals surface area (Å²) in [6.45, 7) is 4.32. The van der Waals surface area contributed by atoms with Gasteiger partial charge in [-0.1, -0.05) is 32.0 Å². The van der Waals surface area contributed by atoms with E-state index >= 15 is 0 Å². The number of allylic oxidation sites excluding steroid dienone is 2. The summed E-state index contributed by atoms with van der Waals surface area (Å²) in [6.07, 6.45) is 3.46. The van der Waals surface area contributed by atoms with Crippen molar-refractivity contribution >= 4 is 17.8 Å². The van der Waals surface area contributed by atoms with Crippen molar-refractivity contribution in [3.05, 3.63) is 77.2 Å². The molecule has 1 amide bonds. The van der Waals surface area contributed by atoms with Gasteiger partial charge in [0.1, 0.15) is 5.82 Å². The van der Waals surface area contributed by atoms with Crippen LogP contribution in [0.1, 0.15) is 29.8 Å². The topological polar surface area (TPSA) is 44.7 Å². The van der Waals surface area contributed by atoms with Crippen molar-refractivity contribution in [2.45, 2.75) is 19.3 Å². The Labute approximate surface area is 146 Å². The summed E-state index contributed by atoms with van der Waals surface area (Å²) in [6, 6.07) is 13.6. The minimum Gasteiger partial charge on any atom is -0.347 e. The number of hydrogen-bond donors (Lipinski definition) is 1. The van der Waals surface area contributed by atoms with Crippen LogP contribution in [0.4, 0.5) is 10.1 Å². The first-order valence-corrected chi connectivity index (χ1v) is 8.04. The smallest absolute Gasteiger partial charge is 0.271 e. The number of para-hydroxylation sites is 1. The largest absolute Gasteiger partial charge is 0.347 e. The normalized spacial score (nSPS) is 17.1. The molecule has 0 saturated carbocycles. The van der Waals surface area contributed by atoms with E-state index < -0.39 is 0 Å². The van der Waals surface area contributed by atoms with E-state index in [1.807, 2.05) is 25.3 Å². The minimum absolute atomic E-state index is 0.141. The quantitative estimate of drug-likeness (QED) is 0.683. The number of nitrogens with one attached hydrogen (secondary N) is 1. The summed E-state index contributed by atoms with van der Waals surface area (Å²) in [4.78, 5) is 14.1. The van der Waals surface area contributed by atoms with E-state index in [-0.39, 0.29) is 17.1 Å². The van der Waals surface area contributed by atoms with Crippen molar-refractivity contribution in [3.63, 3.8) is 0 Å². The summed E-state index contributed by atoms with van der Waals surface area (Å²) in [5.74, 6) is -0.757. The van der Waals surface area contributed by atoms with Crippen LogP contribution < -0.4 is 10.3 Å². The zero-order chi connectivity index (χ0) is 18.0. The maximum atomic E-state index is 12.9. The molecule has 0 fully saturated rings. The van der Waals surface area contributed by atoms with Crippen LogP contribution in [0.2, 0.25) is 0 Å². The van der Waals surface area contributed by atoms with E-state index in [0.29, 0.717) is 5.56 Å². The lowest BCUT2D eigenvalue weighted by Gasteiger charge is -2.23. The zero-order valence-electron chi connectivity index (χ0n) is 14.5. The Morgan fingerprint density at radius 3 is 2.52 bits per heavy atom. The molecule has 1 heterocycles. The molecule has 1 aliphatic heterocycles. The highest BCUT2D eigenvalue weighted by atomic mass is 19.1. The summed E-state index contributed by atoms with van der Waals surface area (Å²) < 4.78 is 12.9. The predicted molar refractivity (Wildman–Crippen MR) is 98.3 cm³/mol. The lowest BCUT2D eigenvalue weighted by atomic mass is 9.84. The van der Waals surface area contributed by atoms with Gasteiger partial charge in [0.05, 0.1) is 0 Å². The summed E-state index contributed by atoms with van der Waals surface area (Å²) >= 11 is 0. The Morgan fingerprint density at radius 1 is 1.16 bits per heavy atom. The highest BCUT2D eigenvalue weighted by Crippen LogP contribution is 2.46. The molecule has 128 valence electrons. The highest BCUT2D eigenvalue weighted by Gasteiger charge is 2.37. The van der Waals surface area contributed by atoms with Crippen molar-refractivity contribution < 1.29 is 9.18 Å². The van der Waals surface area contributed by atoms with E-state index in [1.165, 1.54) is 35.5 Å². The number of hydrogen-bond acceptors (Lipinski definition) is 3. The van der Waals surface area contributed by atoms with Gasteiger partial charge in [0, 0.05) is 35.6 Å². The van der Waals surface area contributed by atoms with Crippen molar-refractivity contribution in [1.82, 2.24) is 5.43 Å². The molecule has 0 aliphatic carbocycles. The first-order valence-electron chi connectivity index (χ1n) is 8.04. The number of amides is 1. The molecule has 1 N–H and O–H groups in total. The fraction of sp³-hybridized carbons (Fsp3) is 0.200. The molecule has 2 aromatic carbocycles. The third-order valence-corrected chi connectivity index (χ3v) is 4.52.